The Morgan fingerprint density at radius 1 is 1.07 bits per heavy atom. The lowest BCUT2D eigenvalue weighted by molar-refractivity contribution is -0.119. The van der Waals surface area contributed by atoms with Crippen LogP contribution in [0.2, 0.25) is 0 Å². The zero-order chi connectivity index (χ0) is 20.5. The Bertz CT molecular complexity index is 1120. The molecule has 0 bridgehead atoms. The number of fused-ring (bicyclic) bond motifs is 2. The van der Waals surface area contributed by atoms with Crippen LogP contribution in [0.5, 0.6) is 0 Å². The molecule has 150 valence electrons. The second-order valence-corrected chi connectivity index (χ2v) is 7.70. The molecule has 0 radical (unpaired) electrons. The monoisotopic (exact) mass is 391 g/mol. The van der Waals surface area contributed by atoms with Crippen LogP contribution in [0.3, 0.4) is 0 Å². The largest absolute Gasteiger partial charge is 0.396 e. The lowest BCUT2D eigenvalue weighted by Crippen LogP contribution is -2.36. The summed E-state index contributed by atoms with van der Waals surface area (Å²) in [5.74, 6) is 0.250. The van der Waals surface area contributed by atoms with E-state index < -0.39 is 0 Å². The topological polar surface area (TPSA) is 75.4 Å². The van der Waals surface area contributed by atoms with Crippen molar-refractivity contribution < 1.29 is 9.90 Å². The molecule has 6 heteroatoms. The first-order chi connectivity index (χ1) is 14.0. The van der Waals surface area contributed by atoms with E-state index in [0.29, 0.717) is 36.1 Å². The van der Waals surface area contributed by atoms with Crippen LogP contribution in [-0.4, -0.2) is 33.2 Å². The maximum Gasteiger partial charge on any atom is 0.261 e. The van der Waals surface area contributed by atoms with Gasteiger partial charge in [-0.2, -0.15) is 0 Å². The number of benzene rings is 2. The van der Waals surface area contributed by atoms with Crippen LogP contribution in [0.25, 0.3) is 10.9 Å². The highest BCUT2D eigenvalue weighted by Gasteiger charge is 2.39. The molecule has 0 fully saturated rings. The maximum atomic E-state index is 13.3. The summed E-state index contributed by atoms with van der Waals surface area (Å²) in [6, 6.07) is 15.1. The summed E-state index contributed by atoms with van der Waals surface area (Å²) in [4.78, 5) is 32.9. The fourth-order valence-electron chi connectivity index (χ4n) is 4.16. The average molecular weight is 391 g/mol. The van der Waals surface area contributed by atoms with Gasteiger partial charge in [0, 0.05) is 31.3 Å². The molecule has 1 N–H and O–H groups in total. The van der Waals surface area contributed by atoms with Crippen LogP contribution >= 0.6 is 0 Å². The number of nitrogens with zero attached hydrogens (tertiary/aromatic N) is 3. The van der Waals surface area contributed by atoms with Crippen molar-refractivity contribution in [2.45, 2.75) is 45.2 Å². The molecule has 0 saturated carbocycles. The molecule has 0 aliphatic carbocycles. The van der Waals surface area contributed by atoms with Gasteiger partial charge in [-0.15, -0.1) is 0 Å². The Morgan fingerprint density at radius 2 is 1.79 bits per heavy atom. The first-order valence-corrected chi connectivity index (χ1v) is 10.0. The third-order valence-corrected chi connectivity index (χ3v) is 5.49. The van der Waals surface area contributed by atoms with Gasteiger partial charge < -0.3 is 10.0 Å². The standard InChI is InChI=1S/C23H25N3O3/c1-15(2)26-20-11-6-4-8-16(20)18(23(26)29)14-21-24-19-10-5-3-9-17(19)22(28)25(21)12-7-13-27/h3-6,8-11,15,18,27H,7,12-14H2,1-2H3/t18-/m1/s1. The predicted octanol–water partition coefficient (Wildman–Crippen LogP) is 2.86. The lowest BCUT2D eigenvalue weighted by atomic mass is 9.96. The summed E-state index contributed by atoms with van der Waals surface area (Å²) in [6.45, 7) is 4.37. The summed E-state index contributed by atoms with van der Waals surface area (Å²) in [6.07, 6.45) is 0.810. The predicted molar refractivity (Wildman–Crippen MR) is 113 cm³/mol. The minimum atomic E-state index is -0.373. The molecular formula is C23H25N3O3. The van der Waals surface area contributed by atoms with Crippen LogP contribution < -0.4 is 10.5 Å². The van der Waals surface area contributed by atoms with E-state index in [1.165, 1.54) is 0 Å². The molecule has 1 aromatic heterocycles. The molecule has 0 unspecified atom stereocenters. The Morgan fingerprint density at radius 3 is 2.55 bits per heavy atom. The number of aromatic nitrogens is 2. The van der Waals surface area contributed by atoms with Gasteiger partial charge in [0.15, 0.2) is 0 Å². The Balaban J connectivity index is 1.81. The van der Waals surface area contributed by atoms with Crippen molar-refractivity contribution in [3.05, 3.63) is 70.3 Å². The minimum absolute atomic E-state index is 0.00890. The number of aliphatic hydroxyl groups excluding tert-OH is 1. The molecule has 3 aromatic rings. The number of hydrogen-bond acceptors (Lipinski definition) is 4. The molecular weight excluding hydrogens is 366 g/mol. The van der Waals surface area contributed by atoms with Crippen molar-refractivity contribution in [2.24, 2.45) is 0 Å². The van der Waals surface area contributed by atoms with Crippen LogP contribution in [-0.2, 0) is 17.8 Å². The minimum Gasteiger partial charge on any atom is -0.396 e. The quantitative estimate of drug-likeness (QED) is 0.701. The molecule has 1 aliphatic rings. The fraction of sp³-hybridized carbons (Fsp3) is 0.348. The fourth-order valence-corrected chi connectivity index (χ4v) is 4.16. The van der Waals surface area contributed by atoms with Gasteiger partial charge in [-0.25, -0.2) is 4.98 Å². The van der Waals surface area contributed by atoms with E-state index in [-0.39, 0.29) is 30.0 Å². The van der Waals surface area contributed by atoms with Gasteiger partial charge in [-0.3, -0.25) is 14.2 Å². The van der Waals surface area contributed by atoms with Gasteiger partial charge in [0.05, 0.1) is 16.8 Å². The number of rotatable bonds is 6. The molecule has 1 atom stereocenters. The normalized spacial score (nSPS) is 16.1. The average Bonchev–Trinajstić information content (AvgIpc) is 2.99. The Labute approximate surface area is 169 Å². The smallest absolute Gasteiger partial charge is 0.261 e. The van der Waals surface area contributed by atoms with Crippen molar-refractivity contribution in [3.8, 4) is 0 Å². The van der Waals surface area contributed by atoms with Crippen LogP contribution in [0.15, 0.2) is 53.3 Å². The molecule has 6 nitrogen and oxygen atoms in total. The van der Waals surface area contributed by atoms with Gasteiger partial charge in [0.1, 0.15) is 5.82 Å². The summed E-state index contributed by atoms with van der Waals surface area (Å²) in [5.41, 5.74) is 2.41. The third kappa shape index (κ3) is 3.34. The molecule has 0 saturated heterocycles. The highest BCUT2D eigenvalue weighted by molar-refractivity contribution is 6.05. The van der Waals surface area contributed by atoms with Crippen molar-refractivity contribution in [1.29, 1.82) is 0 Å². The van der Waals surface area contributed by atoms with Crippen LogP contribution in [0, 0.1) is 0 Å². The number of para-hydroxylation sites is 2. The zero-order valence-electron chi connectivity index (χ0n) is 16.7. The first-order valence-electron chi connectivity index (χ1n) is 10.0. The second kappa shape index (κ2) is 7.79. The van der Waals surface area contributed by atoms with E-state index in [0.717, 1.165) is 11.3 Å². The number of aliphatic hydroxyl groups is 1. The summed E-state index contributed by atoms with van der Waals surface area (Å²) >= 11 is 0. The van der Waals surface area contributed by atoms with Gasteiger partial charge >= 0.3 is 0 Å². The highest BCUT2D eigenvalue weighted by atomic mass is 16.3. The van der Waals surface area contributed by atoms with Crippen molar-refractivity contribution >= 4 is 22.5 Å². The van der Waals surface area contributed by atoms with E-state index in [9.17, 15) is 14.7 Å². The number of anilines is 1. The SMILES string of the molecule is CC(C)N1C(=O)[C@H](Cc2nc3ccccc3c(=O)n2CCCO)c2ccccc21. The molecule has 29 heavy (non-hydrogen) atoms. The summed E-state index contributed by atoms with van der Waals surface area (Å²) < 4.78 is 1.62. The van der Waals surface area contributed by atoms with Crippen molar-refractivity contribution in [1.82, 2.24) is 9.55 Å². The molecule has 4 rings (SSSR count). The van der Waals surface area contributed by atoms with Gasteiger partial charge in [0.25, 0.3) is 5.56 Å². The van der Waals surface area contributed by atoms with Crippen LogP contribution in [0.4, 0.5) is 5.69 Å². The summed E-state index contributed by atoms with van der Waals surface area (Å²) in [7, 11) is 0. The summed E-state index contributed by atoms with van der Waals surface area (Å²) in [5, 5.41) is 9.83. The molecule has 2 aromatic carbocycles. The first kappa shape index (κ1) is 19.3. The maximum absolute atomic E-state index is 13.3. The number of carbonyl (C=O) groups excluding carboxylic acids is 1. The van der Waals surface area contributed by atoms with Crippen molar-refractivity contribution in [3.63, 3.8) is 0 Å². The lowest BCUT2D eigenvalue weighted by Gasteiger charge is -2.22. The van der Waals surface area contributed by atoms with E-state index in [4.69, 9.17) is 4.98 Å². The molecule has 1 aliphatic heterocycles. The molecule has 2 heterocycles. The van der Waals surface area contributed by atoms with Gasteiger partial charge in [-0.05, 0) is 44.0 Å². The third-order valence-electron chi connectivity index (χ3n) is 5.49. The van der Waals surface area contributed by atoms with Crippen LogP contribution in [0.1, 0.15) is 37.6 Å². The number of carbonyl (C=O) groups is 1. The second-order valence-electron chi connectivity index (χ2n) is 7.70. The van der Waals surface area contributed by atoms with E-state index in [1.807, 2.05) is 61.2 Å². The highest BCUT2D eigenvalue weighted by Crippen LogP contribution is 2.39. The van der Waals surface area contributed by atoms with Gasteiger partial charge in [0.2, 0.25) is 5.91 Å². The Hall–Kier alpha value is -2.99. The van der Waals surface area contributed by atoms with E-state index >= 15 is 0 Å². The molecule has 1 amide bonds. The van der Waals surface area contributed by atoms with Crippen molar-refractivity contribution in [2.75, 3.05) is 11.5 Å². The molecule has 0 spiro atoms. The Kier molecular flexibility index (Phi) is 5.20. The number of amides is 1. The number of hydrogen-bond donors (Lipinski definition) is 1. The van der Waals surface area contributed by atoms with Gasteiger partial charge in [-0.1, -0.05) is 30.3 Å². The zero-order valence-corrected chi connectivity index (χ0v) is 16.7. The van der Waals surface area contributed by atoms with E-state index in [1.54, 1.807) is 10.6 Å². The van der Waals surface area contributed by atoms with E-state index in [2.05, 4.69) is 0 Å².